The van der Waals surface area contributed by atoms with Crippen LogP contribution in [-0.2, 0) is 16.1 Å². The van der Waals surface area contributed by atoms with Crippen molar-refractivity contribution in [2.75, 3.05) is 6.61 Å². The number of carboxylic acid groups (broad SMARTS) is 2. The van der Waals surface area contributed by atoms with Gasteiger partial charge >= 0.3 is 11.9 Å². The van der Waals surface area contributed by atoms with E-state index in [0.29, 0.717) is 28.8 Å². The van der Waals surface area contributed by atoms with Crippen LogP contribution in [0.2, 0.25) is 0 Å². The fourth-order valence-electron chi connectivity index (χ4n) is 4.41. The topological polar surface area (TPSA) is 162 Å². The smallest absolute Gasteiger partial charge is 0.321 e. The summed E-state index contributed by atoms with van der Waals surface area (Å²) in [5.74, 6) is -3.54. The lowest BCUT2D eigenvalue weighted by Gasteiger charge is -2.24. The molecule has 2 aromatic carbocycles. The molecule has 0 aliphatic heterocycles. The Morgan fingerprint density at radius 3 is 2.54 bits per heavy atom. The number of ether oxygens (including phenoxy) is 1. The number of carbonyl (C=O) groups excluding carboxylic acids is 1. The van der Waals surface area contributed by atoms with Gasteiger partial charge in [0.2, 0.25) is 0 Å². The molecule has 204 valence electrons. The van der Waals surface area contributed by atoms with Crippen LogP contribution in [0, 0.1) is 5.41 Å². The van der Waals surface area contributed by atoms with Crippen LogP contribution in [0.4, 0.5) is 0 Å². The standard InChI is InChI=1S/C28H29N3O8/c1-2-3-4-7-14-38-18-10-11-19-21(17-39-24(19)15-18)23(32)16-28(26(34)35,27(36)37)12-13-31-25(33)20-8-5-6-9-22(20)29-30-31/h5-6,8-11,15,17H,2-4,7,12-14,16H2,1H3,(H,34,35)(H,36,37). The van der Waals surface area contributed by atoms with Gasteiger partial charge in [0.1, 0.15) is 23.1 Å². The number of aryl methyl sites for hydroxylation is 1. The third-order valence-corrected chi connectivity index (χ3v) is 6.77. The van der Waals surface area contributed by atoms with Gasteiger partial charge in [0.05, 0.1) is 17.6 Å². The molecule has 39 heavy (non-hydrogen) atoms. The Balaban J connectivity index is 1.53. The lowest BCUT2D eigenvalue weighted by molar-refractivity contribution is -0.165. The normalized spacial score (nSPS) is 11.6. The van der Waals surface area contributed by atoms with Crippen molar-refractivity contribution in [1.82, 2.24) is 15.0 Å². The molecule has 4 aromatic rings. The summed E-state index contributed by atoms with van der Waals surface area (Å²) >= 11 is 0. The van der Waals surface area contributed by atoms with Crippen LogP contribution >= 0.6 is 0 Å². The van der Waals surface area contributed by atoms with E-state index >= 15 is 0 Å². The Hall–Kier alpha value is -4.54. The molecule has 11 nitrogen and oxygen atoms in total. The van der Waals surface area contributed by atoms with Crippen LogP contribution in [-0.4, -0.2) is 49.5 Å². The minimum absolute atomic E-state index is 0.0639. The Morgan fingerprint density at radius 1 is 1.03 bits per heavy atom. The van der Waals surface area contributed by atoms with Crippen molar-refractivity contribution in [3.8, 4) is 5.75 Å². The summed E-state index contributed by atoms with van der Waals surface area (Å²) in [7, 11) is 0. The summed E-state index contributed by atoms with van der Waals surface area (Å²) in [6, 6.07) is 11.4. The van der Waals surface area contributed by atoms with E-state index in [-0.39, 0.29) is 17.5 Å². The van der Waals surface area contributed by atoms with E-state index < -0.39 is 41.5 Å². The molecule has 11 heteroatoms. The zero-order valence-corrected chi connectivity index (χ0v) is 21.5. The molecule has 0 saturated carbocycles. The largest absolute Gasteiger partial charge is 0.493 e. The minimum atomic E-state index is -2.50. The number of fused-ring (bicyclic) bond motifs is 2. The van der Waals surface area contributed by atoms with E-state index in [9.17, 15) is 29.4 Å². The van der Waals surface area contributed by atoms with Crippen molar-refractivity contribution in [3.05, 3.63) is 64.6 Å². The van der Waals surface area contributed by atoms with Crippen molar-refractivity contribution in [1.29, 1.82) is 0 Å². The average molecular weight is 536 g/mol. The van der Waals surface area contributed by atoms with E-state index in [0.717, 1.165) is 30.4 Å². The van der Waals surface area contributed by atoms with Gasteiger partial charge in [-0.05, 0) is 37.1 Å². The first-order valence-electron chi connectivity index (χ1n) is 12.7. The molecule has 0 bridgehead atoms. The number of hydrogen-bond acceptors (Lipinski definition) is 8. The number of furan rings is 1. The van der Waals surface area contributed by atoms with Gasteiger partial charge in [-0.25, -0.2) is 4.68 Å². The molecule has 0 atom stereocenters. The fraction of sp³-hybridized carbons (Fsp3) is 0.357. The second-order valence-electron chi connectivity index (χ2n) is 9.39. The molecule has 0 unspecified atom stereocenters. The molecule has 0 fully saturated rings. The maximum absolute atomic E-state index is 13.2. The fourth-order valence-corrected chi connectivity index (χ4v) is 4.41. The first-order valence-corrected chi connectivity index (χ1v) is 12.7. The summed E-state index contributed by atoms with van der Waals surface area (Å²) in [6.45, 7) is 2.30. The van der Waals surface area contributed by atoms with Gasteiger partial charge in [0.15, 0.2) is 11.2 Å². The Bertz CT molecular complexity index is 1560. The molecule has 4 rings (SSSR count). The van der Waals surface area contributed by atoms with Gasteiger partial charge in [-0.2, -0.15) is 0 Å². The molecule has 0 aliphatic rings. The Morgan fingerprint density at radius 2 is 1.79 bits per heavy atom. The van der Waals surface area contributed by atoms with E-state index in [1.54, 1.807) is 42.5 Å². The second kappa shape index (κ2) is 11.9. The predicted molar refractivity (Wildman–Crippen MR) is 141 cm³/mol. The second-order valence-corrected chi connectivity index (χ2v) is 9.39. The SMILES string of the molecule is CCCCCCOc1ccc2c(C(=O)CC(CCn3nnc4ccccc4c3=O)(C(=O)O)C(=O)O)coc2c1. The molecule has 2 N–H and O–H groups in total. The zero-order valence-electron chi connectivity index (χ0n) is 21.5. The highest BCUT2D eigenvalue weighted by Gasteiger charge is 2.48. The zero-order chi connectivity index (χ0) is 28.0. The summed E-state index contributed by atoms with van der Waals surface area (Å²) in [5.41, 5.74) is -2.27. The highest BCUT2D eigenvalue weighted by molar-refractivity contribution is 6.11. The van der Waals surface area contributed by atoms with Crippen molar-refractivity contribution in [3.63, 3.8) is 0 Å². The Labute approximate surface area is 223 Å². The van der Waals surface area contributed by atoms with E-state index in [1.807, 2.05) is 0 Å². The third kappa shape index (κ3) is 5.82. The quantitative estimate of drug-likeness (QED) is 0.135. The molecule has 0 radical (unpaired) electrons. The number of ketones is 1. The number of Topliss-reactive ketones (excluding diaryl/α,β-unsaturated/α-hetero) is 1. The van der Waals surface area contributed by atoms with Gasteiger partial charge < -0.3 is 19.4 Å². The highest BCUT2D eigenvalue weighted by atomic mass is 16.5. The van der Waals surface area contributed by atoms with Crippen LogP contribution < -0.4 is 10.3 Å². The number of carbonyl (C=O) groups is 3. The van der Waals surface area contributed by atoms with Crippen molar-refractivity contribution in [2.45, 2.75) is 52.0 Å². The molecular formula is C28H29N3O8. The first kappa shape index (κ1) is 27.5. The molecule has 0 aliphatic carbocycles. The van der Waals surface area contributed by atoms with Gasteiger partial charge in [-0.1, -0.05) is 43.5 Å². The molecular weight excluding hydrogens is 506 g/mol. The van der Waals surface area contributed by atoms with Crippen molar-refractivity contribution >= 4 is 39.6 Å². The lowest BCUT2D eigenvalue weighted by atomic mass is 9.78. The van der Waals surface area contributed by atoms with Crippen LogP contribution in [0.5, 0.6) is 5.75 Å². The number of carboxylic acids is 2. The average Bonchev–Trinajstić information content (AvgIpc) is 3.35. The molecule has 0 saturated heterocycles. The Kier molecular flexibility index (Phi) is 8.38. The number of aromatic nitrogens is 3. The molecule has 2 heterocycles. The van der Waals surface area contributed by atoms with E-state index in [2.05, 4.69) is 17.2 Å². The maximum Gasteiger partial charge on any atom is 0.321 e. The molecule has 0 amide bonds. The molecule has 2 aromatic heterocycles. The van der Waals surface area contributed by atoms with Crippen molar-refractivity contribution < 1.29 is 33.8 Å². The van der Waals surface area contributed by atoms with E-state index in [4.69, 9.17) is 9.15 Å². The van der Waals surface area contributed by atoms with Crippen LogP contribution in [0.3, 0.4) is 0 Å². The van der Waals surface area contributed by atoms with E-state index in [1.165, 1.54) is 6.26 Å². The number of rotatable bonds is 14. The lowest BCUT2D eigenvalue weighted by Crippen LogP contribution is -2.43. The van der Waals surface area contributed by atoms with Gasteiger partial charge in [-0.3, -0.25) is 19.2 Å². The molecule has 0 spiro atoms. The minimum Gasteiger partial charge on any atom is -0.493 e. The third-order valence-electron chi connectivity index (χ3n) is 6.77. The highest BCUT2D eigenvalue weighted by Crippen LogP contribution is 2.33. The van der Waals surface area contributed by atoms with Gasteiger partial charge in [0, 0.05) is 24.4 Å². The van der Waals surface area contributed by atoms with Gasteiger partial charge in [-0.15, -0.1) is 5.10 Å². The van der Waals surface area contributed by atoms with Crippen LogP contribution in [0.1, 0.15) is 55.8 Å². The van der Waals surface area contributed by atoms with Crippen molar-refractivity contribution in [2.24, 2.45) is 5.41 Å². The number of unbranched alkanes of at least 4 members (excludes halogenated alkanes) is 3. The number of aliphatic carboxylic acids is 2. The predicted octanol–water partition coefficient (Wildman–Crippen LogP) is 4.32. The summed E-state index contributed by atoms with van der Waals surface area (Å²) < 4.78 is 12.2. The number of benzene rings is 2. The number of hydrogen-bond donors (Lipinski definition) is 2. The van der Waals surface area contributed by atoms with Gasteiger partial charge in [0.25, 0.3) is 5.56 Å². The summed E-state index contributed by atoms with van der Waals surface area (Å²) in [4.78, 5) is 50.5. The summed E-state index contributed by atoms with van der Waals surface area (Å²) in [6.07, 6.45) is 4.00. The number of nitrogens with zero attached hydrogens (tertiary/aromatic N) is 3. The first-order chi connectivity index (χ1) is 18.8. The maximum atomic E-state index is 13.2. The monoisotopic (exact) mass is 535 g/mol. The van der Waals surface area contributed by atoms with Crippen LogP contribution in [0.15, 0.2) is 57.9 Å². The summed E-state index contributed by atoms with van der Waals surface area (Å²) in [5, 5.41) is 28.3. The van der Waals surface area contributed by atoms with Crippen LogP contribution in [0.25, 0.3) is 21.9 Å².